The van der Waals surface area contributed by atoms with Gasteiger partial charge in [0.05, 0.1) is 17.7 Å². The lowest BCUT2D eigenvalue weighted by atomic mass is 9.95. The molecule has 0 saturated carbocycles. The molecule has 6 nitrogen and oxygen atoms in total. The van der Waals surface area contributed by atoms with Crippen LogP contribution in [-0.2, 0) is 16.1 Å². The van der Waals surface area contributed by atoms with Crippen LogP contribution in [0.25, 0.3) is 0 Å². The van der Waals surface area contributed by atoms with Crippen LogP contribution in [-0.4, -0.2) is 18.1 Å². The molecule has 0 spiro atoms. The molecule has 2 aromatic rings. The zero-order valence-electron chi connectivity index (χ0n) is 17.1. The van der Waals surface area contributed by atoms with Gasteiger partial charge in [0, 0.05) is 5.70 Å². The first-order valence-electron chi connectivity index (χ1n) is 9.61. The zero-order valence-corrected chi connectivity index (χ0v) is 17.1. The minimum absolute atomic E-state index is 0.259. The summed E-state index contributed by atoms with van der Waals surface area (Å²) >= 11 is 0. The quantitative estimate of drug-likeness (QED) is 0.722. The van der Waals surface area contributed by atoms with Crippen molar-refractivity contribution in [3.63, 3.8) is 0 Å². The molecule has 6 heteroatoms. The van der Waals surface area contributed by atoms with E-state index in [0.29, 0.717) is 23.6 Å². The molecule has 1 atom stereocenters. The Balaban J connectivity index is 1.83. The first-order chi connectivity index (χ1) is 13.8. The van der Waals surface area contributed by atoms with Gasteiger partial charge in [0.25, 0.3) is 0 Å². The highest BCUT2D eigenvalue weighted by Gasteiger charge is 2.32. The Morgan fingerprint density at radius 3 is 2.52 bits per heavy atom. The molecular weight excluding hydrogens is 368 g/mol. The maximum atomic E-state index is 12.6. The summed E-state index contributed by atoms with van der Waals surface area (Å²) in [4.78, 5) is 24.7. The van der Waals surface area contributed by atoms with E-state index in [-0.39, 0.29) is 12.1 Å². The second kappa shape index (κ2) is 8.82. The third kappa shape index (κ3) is 5.16. The van der Waals surface area contributed by atoms with Crippen molar-refractivity contribution in [3.8, 4) is 5.75 Å². The predicted molar refractivity (Wildman–Crippen MR) is 110 cm³/mol. The van der Waals surface area contributed by atoms with Gasteiger partial charge < -0.3 is 20.1 Å². The van der Waals surface area contributed by atoms with E-state index in [1.165, 1.54) is 5.56 Å². The topological polar surface area (TPSA) is 76.7 Å². The first kappa shape index (κ1) is 20.5. The molecule has 2 amide bonds. The number of carbonyl (C=O) groups excluding carboxylic acids is 2. The van der Waals surface area contributed by atoms with Gasteiger partial charge in [-0.2, -0.15) is 0 Å². The van der Waals surface area contributed by atoms with Crippen molar-refractivity contribution in [1.82, 2.24) is 10.6 Å². The molecule has 29 heavy (non-hydrogen) atoms. The highest BCUT2D eigenvalue weighted by atomic mass is 16.5. The zero-order chi connectivity index (χ0) is 21.0. The average Bonchev–Trinajstić information content (AvgIpc) is 2.66. The fourth-order valence-electron chi connectivity index (χ4n) is 3.13. The molecule has 0 aromatic heterocycles. The van der Waals surface area contributed by atoms with E-state index in [1.807, 2.05) is 55.5 Å². The van der Waals surface area contributed by atoms with Crippen LogP contribution < -0.4 is 15.4 Å². The van der Waals surface area contributed by atoms with Crippen molar-refractivity contribution in [1.29, 1.82) is 0 Å². The summed E-state index contributed by atoms with van der Waals surface area (Å²) in [6.45, 7) is 7.74. The van der Waals surface area contributed by atoms with Gasteiger partial charge in [-0.3, -0.25) is 0 Å². The second-order valence-corrected chi connectivity index (χ2v) is 7.37. The molecule has 1 heterocycles. The van der Waals surface area contributed by atoms with Crippen LogP contribution in [0.4, 0.5) is 4.79 Å². The van der Waals surface area contributed by atoms with Crippen LogP contribution in [0.5, 0.6) is 5.75 Å². The summed E-state index contributed by atoms with van der Waals surface area (Å²) in [5.74, 6) is 0.200. The highest BCUT2D eigenvalue weighted by molar-refractivity contribution is 5.95. The average molecular weight is 394 g/mol. The molecule has 0 radical (unpaired) electrons. The fraction of sp³-hybridized carbons (Fsp3) is 0.304. The molecule has 0 saturated heterocycles. The van der Waals surface area contributed by atoms with Crippen LogP contribution in [0.1, 0.15) is 43.5 Å². The minimum atomic E-state index is -0.613. The van der Waals surface area contributed by atoms with E-state index in [2.05, 4.69) is 10.6 Å². The lowest BCUT2D eigenvalue weighted by molar-refractivity contribution is -0.143. The van der Waals surface area contributed by atoms with Gasteiger partial charge in [-0.25, -0.2) is 9.59 Å². The Hall–Kier alpha value is -3.28. The maximum absolute atomic E-state index is 12.6. The normalized spacial score (nSPS) is 16.3. The van der Waals surface area contributed by atoms with Crippen LogP contribution in [0, 0.1) is 6.92 Å². The van der Waals surface area contributed by atoms with Crippen molar-refractivity contribution in [2.45, 2.75) is 46.4 Å². The van der Waals surface area contributed by atoms with E-state index >= 15 is 0 Å². The molecule has 0 fully saturated rings. The molecule has 0 aliphatic carbocycles. The highest BCUT2D eigenvalue weighted by Crippen LogP contribution is 2.30. The molecule has 152 valence electrons. The van der Waals surface area contributed by atoms with Gasteiger partial charge in [-0.05, 0) is 51.0 Å². The number of allylic oxidation sites excluding steroid dienone is 1. The summed E-state index contributed by atoms with van der Waals surface area (Å²) in [6.07, 6.45) is -0.259. The summed E-state index contributed by atoms with van der Waals surface area (Å²) in [5.41, 5.74) is 3.87. The monoisotopic (exact) mass is 394 g/mol. The number of aryl methyl sites for hydroxylation is 1. The van der Waals surface area contributed by atoms with Crippen LogP contribution in [0.3, 0.4) is 0 Å². The van der Waals surface area contributed by atoms with Crippen molar-refractivity contribution in [2.24, 2.45) is 0 Å². The number of amides is 2. The van der Waals surface area contributed by atoms with E-state index in [4.69, 9.17) is 9.47 Å². The summed E-state index contributed by atoms with van der Waals surface area (Å²) in [6, 6.07) is 14.5. The second-order valence-electron chi connectivity index (χ2n) is 7.37. The number of rotatable bonds is 6. The lowest BCUT2D eigenvalue weighted by Gasteiger charge is -2.28. The molecule has 0 bridgehead atoms. The molecule has 1 aliphatic heterocycles. The number of hydrogen-bond acceptors (Lipinski definition) is 4. The Kier molecular flexibility index (Phi) is 6.22. The van der Waals surface area contributed by atoms with Gasteiger partial charge >= 0.3 is 12.0 Å². The first-order valence-corrected chi connectivity index (χ1v) is 9.61. The number of nitrogens with one attached hydrogen (secondary N) is 2. The Labute approximate surface area is 170 Å². The summed E-state index contributed by atoms with van der Waals surface area (Å²) in [7, 11) is 0. The smallest absolute Gasteiger partial charge is 0.338 e. The van der Waals surface area contributed by atoms with Gasteiger partial charge in [-0.1, -0.05) is 42.0 Å². The molecule has 1 unspecified atom stereocenters. The SMILES string of the molecule is CC1=C(C(=O)OC(C)C)C(c2cccc(OCc3ccc(C)cc3)c2)NC(=O)N1. The van der Waals surface area contributed by atoms with E-state index in [0.717, 1.165) is 11.1 Å². The third-order valence-electron chi connectivity index (χ3n) is 4.55. The van der Waals surface area contributed by atoms with Crippen LogP contribution in [0.15, 0.2) is 59.8 Å². The number of ether oxygens (including phenoxy) is 2. The van der Waals surface area contributed by atoms with Gasteiger partial charge in [0.2, 0.25) is 0 Å². The largest absolute Gasteiger partial charge is 0.489 e. The van der Waals surface area contributed by atoms with Crippen molar-refractivity contribution in [3.05, 3.63) is 76.5 Å². The van der Waals surface area contributed by atoms with Crippen molar-refractivity contribution in [2.75, 3.05) is 0 Å². The third-order valence-corrected chi connectivity index (χ3v) is 4.55. The molecule has 3 rings (SSSR count). The molecule has 1 aliphatic rings. The number of urea groups is 1. The van der Waals surface area contributed by atoms with Gasteiger partial charge in [0.15, 0.2) is 0 Å². The summed E-state index contributed by atoms with van der Waals surface area (Å²) < 4.78 is 11.3. The molecule has 2 aromatic carbocycles. The fourth-order valence-corrected chi connectivity index (χ4v) is 3.13. The maximum Gasteiger partial charge on any atom is 0.338 e. The predicted octanol–water partition coefficient (Wildman–Crippen LogP) is 4.15. The number of carbonyl (C=O) groups is 2. The lowest BCUT2D eigenvalue weighted by Crippen LogP contribution is -2.45. The van der Waals surface area contributed by atoms with Crippen LogP contribution in [0.2, 0.25) is 0 Å². The number of hydrogen-bond donors (Lipinski definition) is 2. The summed E-state index contributed by atoms with van der Waals surface area (Å²) in [5, 5.41) is 5.46. The minimum Gasteiger partial charge on any atom is -0.489 e. The standard InChI is InChI=1S/C23H26N2O4/c1-14(2)29-22(26)20-16(4)24-23(27)25-21(20)18-6-5-7-19(12-18)28-13-17-10-8-15(3)9-11-17/h5-12,14,21H,13H2,1-4H3,(H2,24,25,27). The molecular formula is C23H26N2O4. The van der Waals surface area contributed by atoms with Gasteiger partial charge in [0.1, 0.15) is 12.4 Å². The van der Waals surface area contributed by atoms with Crippen LogP contribution >= 0.6 is 0 Å². The van der Waals surface area contributed by atoms with E-state index in [1.54, 1.807) is 20.8 Å². The Morgan fingerprint density at radius 2 is 1.83 bits per heavy atom. The number of esters is 1. The Bertz CT molecular complexity index is 932. The number of benzene rings is 2. The van der Waals surface area contributed by atoms with Gasteiger partial charge in [-0.15, -0.1) is 0 Å². The molecule has 2 N–H and O–H groups in total. The van der Waals surface area contributed by atoms with E-state index in [9.17, 15) is 9.59 Å². The van der Waals surface area contributed by atoms with E-state index < -0.39 is 12.0 Å². The van der Waals surface area contributed by atoms with Crippen molar-refractivity contribution < 1.29 is 19.1 Å². The Morgan fingerprint density at radius 1 is 1.10 bits per heavy atom. The van der Waals surface area contributed by atoms with Crippen molar-refractivity contribution >= 4 is 12.0 Å².